The Morgan fingerprint density at radius 2 is 1.41 bits per heavy atom. The minimum Gasteiger partial charge on any atom is -0.497 e. The van der Waals surface area contributed by atoms with Crippen molar-refractivity contribution in [3.8, 4) is 5.75 Å². The Balaban J connectivity index is 2.27. The van der Waals surface area contributed by atoms with Crippen molar-refractivity contribution in [1.29, 1.82) is 0 Å². The molecular weight excluding hydrogens is 256 g/mol. The van der Waals surface area contributed by atoms with Gasteiger partial charge in [0.25, 0.3) is 0 Å². The Morgan fingerprint density at radius 3 is 1.88 bits per heavy atom. The Bertz CT molecular complexity index is 520. The third-order valence-electron chi connectivity index (χ3n) is 2.30. The van der Waals surface area contributed by atoms with Crippen molar-refractivity contribution in [2.24, 2.45) is 0 Å². The van der Waals surface area contributed by atoms with Gasteiger partial charge in [-0.15, -0.1) is 0 Å². The van der Waals surface area contributed by atoms with E-state index in [1.807, 2.05) is 0 Å². The van der Waals surface area contributed by atoms with Gasteiger partial charge in [0.05, 0.1) is 17.9 Å². The lowest BCUT2D eigenvalue weighted by Crippen LogP contribution is -1.92. The van der Waals surface area contributed by atoms with Crippen molar-refractivity contribution in [3.63, 3.8) is 0 Å². The summed E-state index contributed by atoms with van der Waals surface area (Å²) in [5, 5.41) is 0.639. The van der Waals surface area contributed by atoms with Crippen molar-refractivity contribution in [1.82, 2.24) is 0 Å². The summed E-state index contributed by atoms with van der Waals surface area (Å²) < 4.78 is 17.2. The molecule has 0 spiro atoms. The first kappa shape index (κ1) is 12.1. The van der Waals surface area contributed by atoms with E-state index in [9.17, 15) is 4.21 Å². The fraction of sp³-hybridized carbons (Fsp3) is 0.0769. The zero-order valence-corrected chi connectivity index (χ0v) is 10.8. The fourth-order valence-corrected chi connectivity index (χ4v) is 2.56. The van der Waals surface area contributed by atoms with Crippen LogP contribution in [0.25, 0.3) is 0 Å². The number of benzene rings is 2. The summed E-state index contributed by atoms with van der Waals surface area (Å²) in [4.78, 5) is 1.48. The van der Waals surface area contributed by atoms with Gasteiger partial charge in [-0.1, -0.05) is 11.6 Å². The number of methoxy groups -OCH3 is 1. The molecule has 0 bridgehead atoms. The van der Waals surface area contributed by atoms with Gasteiger partial charge in [0, 0.05) is 14.8 Å². The molecule has 0 aliphatic rings. The van der Waals surface area contributed by atoms with Gasteiger partial charge in [0.2, 0.25) is 0 Å². The molecule has 0 amide bonds. The van der Waals surface area contributed by atoms with E-state index in [1.165, 1.54) is 0 Å². The van der Waals surface area contributed by atoms with Crippen LogP contribution in [0.15, 0.2) is 58.3 Å². The van der Waals surface area contributed by atoms with Gasteiger partial charge >= 0.3 is 0 Å². The van der Waals surface area contributed by atoms with Crippen LogP contribution >= 0.6 is 11.6 Å². The summed E-state index contributed by atoms with van der Waals surface area (Å²) in [6.45, 7) is 0. The lowest BCUT2D eigenvalue weighted by atomic mass is 10.3. The van der Waals surface area contributed by atoms with Crippen molar-refractivity contribution in [2.45, 2.75) is 9.79 Å². The molecule has 17 heavy (non-hydrogen) atoms. The average molecular weight is 267 g/mol. The number of rotatable bonds is 3. The highest BCUT2D eigenvalue weighted by Gasteiger charge is 2.06. The van der Waals surface area contributed by atoms with Crippen LogP contribution in [-0.4, -0.2) is 11.3 Å². The standard InChI is InChI=1S/C13H11ClO2S/c1-16-11-4-8-13(9-5-11)17(15)12-6-2-10(14)3-7-12/h2-9H,1H3. The van der Waals surface area contributed by atoms with Crippen molar-refractivity contribution >= 4 is 22.4 Å². The summed E-state index contributed by atoms with van der Waals surface area (Å²) in [6.07, 6.45) is 0. The quantitative estimate of drug-likeness (QED) is 0.850. The molecule has 0 radical (unpaired) electrons. The molecule has 0 saturated carbocycles. The zero-order chi connectivity index (χ0) is 12.3. The maximum Gasteiger partial charge on any atom is 0.118 e. The molecule has 1 unspecified atom stereocenters. The van der Waals surface area contributed by atoms with Gasteiger partial charge in [0.1, 0.15) is 5.75 Å². The van der Waals surface area contributed by atoms with Crippen LogP contribution in [0.1, 0.15) is 0 Å². The third-order valence-corrected chi connectivity index (χ3v) is 3.95. The molecule has 0 fully saturated rings. The highest BCUT2D eigenvalue weighted by molar-refractivity contribution is 7.85. The van der Waals surface area contributed by atoms with Crippen LogP contribution in [0.5, 0.6) is 5.75 Å². The maximum absolute atomic E-state index is 12.2. The van der Waals surface area contributed by atoms with E-state index in [2.05, 4.69) is 0 Å². The molecule has 4 heteroatoms. The highest BCUT2D eigenvalue weighted by Crippen LogP contribution is 2.20. The van der Waals surface area contributed by atoms with Crippen LogP contribution in [0, 0.1) is 0 Å². The molecule has 0 aromatic heterocycles. The highest BCUT2D eigenvalue weighted by atomic mass is 35.5. The minimum absolute atomic E-state index is 0.639. The van der Waals surface area contributed by atoms with Gasteiger partial charge in [-0.3, -0.25) is 0 Å². The lowest BCUT2D eigenvalue weighted by molar-refractivity contribution is 0.414. The van der Waals surface area contributed by atoms with Gasteiger partial charge in [0.15, 0.2) is 0 Å². The summed E-state index contributed by atoms with van der Waals surface area (Å²) in [7, 11) is 0.423. The smallest absolute Gasteiger partial charge is 0.118 e. The average Bonchev–Trinajstić information content (AvgIpc) is 2.39. The van der Waals surface area contributed by atoms with Crippen molar-refractivity contribution in [3.05, 3.63) is 53.6 Å². The van der Waals surface area contributed by atoms with Crippen LogP contribution in [-0.2, 0) is 10.8 Å². The monoisotopic (exact) mass is 266 g/mol. The van der Waals surface area contributed by atoms with E-state index in [-0.39, 0.29) is 0 Å². The van der Waals surface area contributed by atoms with Crippen LogP contribution < -0.4 is 4.74 Å². The van der Waals surface area contributed by atoms with E-state index in [0.29, 0.717) is 5.02 Å². The number of ether oxygens (including phenoxy) is 1. The number of halogens is 1. The van der Waals surface area contributed by atoms with E-state index in [1.54, 1.807) is 55.6 Å². The summed E-state index contributed by atoms with van der Waals surface area (Å²) >= 11 is 5.79. The third kappa shape index (κ3) is 2.87. The molecule has 2 rings (SSSR count). The SMILES string of the molecule is COc1ccc(S(=O)c2ccc(Cl)cc2)cc1. The van der Waals surface area contributed by atoms with Crippen molar-refractivity contribution < 1.29 is 8.95 Å². The predicted octanol–water partition coefficient (Wildman–Crippen LogP) is 3.52. The molecule has 88 valence electrons. The summed E-state index contributed by atoms with van der Waals surface area (Å²) in [5.74, 6) is 0.752. The van der Waals surface area contributed by atoms with E-state index in [4.69, 9.17) is 16.3 Å². The first-order valence-corrected chi connectivity index (χ1v) is 6.55. The van der Waals surface area contributed by atoms with Gasteiger partial charge in [-0.2, -0.15) is 0 Å². The Hall–Kier alpha value is -1.32. The number of hydrogen-bond acceptors (Lipinski definition) is 2. The topological polar surface area (TPSA) is 26.3 Å². The van der Waals surface area contributed by atoms with E-state index < -0.39 is 10.8 Å². The van der Waals surface area contributed by atoms with E-state index in [0.717, 1.165) is 15.5 Å². The van der Waals surface area contributed by atoms with Crippen LogP contribution in [0.3, 0.4) is 0 Å². The van der Waals surface area contributed by atoms with Crippen molar-refractivity contribution in [2.75, 3.05) is 7.11 Å². The van der Waals surface area contributed by atoms with Gasteiger partial charge in [-0.25, -0.2) is 4.21 Å². The first-order chi connectivity index (χ1) is 8.20. The molecule has 0 heterocycles. The molecule has 2 nitrogen and oxygen atoms in total. The lowest BCUT2D eigenvalue weighted by Gasteiger charge is -2.04. The normalized spacial score (nSPS) is 12.1. The molecular formula is C13H11ClO2S. The molecule has 0 N–H and O–H groups in total. The largest absolute Gasteiger partial charge is 0.497 e. The minimum atomic E-state index is -1.18. The second-order valence-electron chi connectivity index (χ2n) is 3.40. The zero-order valence-electron chi connectivity index (χ0n) is 9.22. The molecule has 0 aliphatic heterocycles. The molecule has 2 aromatic carbocycles. The molecule has 0 aliphatic carbocycles. The second kappa shape index (κ2) is 5.34. The Labute approximate surface area is 108 Å². The summed E-state index contributed by atoms with van der Waals surface area (Å²) in [5.41, 5.74) is 0. The van der Waals surface area contributed by atoms with Gasteiger partial charge < -0.3 is 4.74 Å². The van der Waals surface area contributed by atoms with Crippen LogP contribution in [0.2, 0.25) is 5.02 Å². The molecule has 1 atom stereocenters. The fourth-order valence-electron chi connectivity index (χ4n) is 1.39. The maximum atomic E-state index is 12.2. The number of hydrogen-bond donors (Lipinski definition) is 0. The van der Waals surface area contributed by atoms with E-state index >= 15 is 0 Å². The molecule has 0 saturated heterocycles. The van der Waals surface area contributed by atoms with Crippen LogP contribution in [0.4, 0.5) is 0 Å². The van der Waals surface area contributed by atoms with Gasteiger partial charge in [-0.05, 0) is 48.5 Å². The second-order valence-corrected chi connectivity index (χ2v) is 5.31. The Morgan fingerprint density at radius 1 is 0.941 bits per heavy atom. The Kier molecular flexibility index (Phi) is 3.82. The predicted molar refractivity (Wildman–Crippen MR) is 69.1 cm³/mol. The molecule has 2 aromatic rings. The first-order valence-electron chi connectivity index (χ1n) is 5.02. The summed E-state index contributed by atoms with van der Waals surface area (Å²) in [6, 6.07) is 14.2.